The third-order valence-electron chi connectivity index (χ3n) is 3.02. The molecule has 0 saturated heterocycles. The molecular formula is C14H14N4O. The highest BCUT2D eigenvalue weighted by Gasteiger charge is 2.12. The maximum Gasteiger partial charge on any atom is 0.197 e. The Kier molecular flexibility index (Phi) is 2.87. The number of hydrazone groups is 1. The van der Waals surface area contributed by atoms with Crippen molar-refractivity contribution in [3.05, 3.63) is 30.6 Å². The number of anilines is 1. The van der Waals surface area contributed by atoms with Gasteiger partial charge >= 0.3 is 0 Å². The predicted octanol–water partition coefficient (Wildman–Crippen LogP) is 3.57. The van der Waals surface area contributed by atoms with Crippen LogP contribution >= 0.6 is 0 Å². The lowest BCUT2D eigenvalue weighted by atomic mass is 10.2. The summed E-state index contributed by atoms with van der Waals surface area (Å²) in [6.07, 6.45) is 2.41. The summed E-state index contributed by atoms with van der Waals surface area (Å²) < 4.78 is 5.79. The fourth-order valence-corrected chi connectivity index (χ4v) is 1.83. The van der Waals surface area contributed by atoms with E-state index in [4.69, 9.17) is 4.42 Å². The predicted molar refractivity (Wildman–Crippen MR) is 76.3 cm³/mol. The molecule has 0 bridgehead atoms. The Morgan fingerprint density at radius 3 is 3.00 bits per heavy atom. The Balaban J connectivity index is 2.15. The fraction of sp³-hybridized carbons (Fsp3) is 0.214. The molecule has 0 unspecified atom stereocenters. The van der Waals surface area contributed by atoms with E-state index in [2.05, 4.69) is 27.4 Å². The van der Waals surface area contributed by atoms with Crippen molar-refractivity contribution in [2.24, 2.45) is 5.10 Å². The molecule has 0 atom stereocenters. The summed E-state index contributed by atoms with van der Waals surface area (Å²) in [5, 5.41) is 5.23. The highest BCUT2D eigenvalue weighted by atomic mass is 16.3. The molecule has 3 rings (SSSR count). The number of hydrogen-bond acceptors (Lipinski definition) is 5. The van der Waals surface area contributed by atoms with E-state index in [-0.39, 0.29) is 0 Å². The van der Waals surface area contributed by atoms with Crippen LogP contribution in [0.15, 0.2) is 40.1 Å². The van der Waals surface area contributed by atoms with Crippen LogP contribution in [0.3, 0.4) is 0 Å². The minimum Gasteiger partial charge on any atom is -0.450 e. The molecule has 0 radical (unpaired) electrons. The number of rotatable bonds is 3. The molecule has 2 aromatic heterocycles. The van der Waals surface area contributed by atoms with Crippen LogP contribution in [0.5, 0.6) is 0 Å². The molecule has 0 amide bonds. The van der Waals surface area contributed by atoms with Crippen LogP contribution < -0.4 is 5.43 Å². The molecule has 0 spiro atoms. The van der Waals surface area contributed by atoms with E-state index < -0.39 is 0 Å². The lowest BCUT2D eigenvalue weighted by molar-refractivity contribution is 0.667. The monoisotopic (exact) mass is 254 g/mol. The van der Waals surface area contributed by atoms with Crippen LogP contribution in [0.4, 0.5) is 5.82 Å². The van der Waals surface area contributed by atoms with Crippen molar-refractivity contribution in [1.82, 2.24) is 9.97 Å². The normalized spacial score (nSPS) is 12.2. The molecule has 0 fully saturated rings. The second-order valence-electron chi connectivity index (χ2n) is 4.31. The Hall–Kier alpha value is -2.43. The molecule has 0 aliphatic rings. The first-order chi connectivity index (χ1) is 9.29. The van der Waals surface area contributed by atoms with Crippen molar-refractivity contribution in [2.75, 3.05) is 5.43 Å². The van der Waals surface area contributed by atoms with Gasteiger partial charge in [-0.05, 0) is 25.5 Å². The fourth-order valence-electron chi connectivity index (χ4n) is 1.83. The molecule has 2 heterocycles. The summed E-state index contributed by atoms with van der Waals surface area (Å²) >= 11 is 0. The number of aromatic nitrogens is 2. The van der Waals surface area contributed by atoms with Crippen LogP contribution in [0.25, 0.3) is 22.1 Å². The highest BCUT2D eigenvalue weighted by Crippen LogP contribution is 2.30. The number of hydrogen-bond donors (Lipinski definition) is 1. The molecule has 0 aliphatic carbocycles. The number of furan rings is 1. The molecule has 1 aromatic carbocycles. The largest absolute Gasteiger partial charge is 0.450 e. The Labute approximate surface area is 110 Å². The van der Waals surface area contributed by atoms with Crippen LogP contribution in [0.2, 0.25) is 0 Å². The second kappa shape index (κ2) is 4.68. The Morgan fingerprint density at radius 1 is 1.32 bits per heavy atom. The van der Waals surface area contributed by atoms with Crippen LogP contribution in [-0.4, -0.2) is 15.7 Å². The zero-order valence-corrected chi connectivity index (χ0v) is 10.8. The summed E-state index contributed by atoms with van der Waals surface area (Å²) in [4.78, 5) is 8.47. The van der Waals surface area contributed by atoms with Crippen molar-refractivity contribution < 1.29 is 4.42 Å². The molecule has 5 nitrogen and oxygen atoms in total. The van der Waals surface area contributed by atoms with Crippen molar-refractivity contribution in [1.29, 1.82) is 0 Å². The van der Waals surface area contributed by atoms with Gasteiger partial charge in [0.25, 0.3) is 0 Å². The van der Waals surface area contributed by atoms with Gasteiger partial charge in [0.05, 0.1) is 0 Å². The van der Waals surface area contributed by atoms with Gasteiger partial charge in [0.15, 0.2) is 11.4 Å². The first kappa shape index (κ1) is 11.6. The molecule has 0 aliphatic heterocycles. The molecule has 3 aromatic rings. The van der Waals surface area contributed by atoms with Gasteiger partial charge in [-0.2, -0.15) is 5.10 Å². The zero-order valence-electron chi connectivity index (χ0n) is 10.8. The molecule has 0 saturated carbocycles. The average Bonchev–Trinajstić information content (AvgIpc) is 2.84. The minimum absolute atomic E-state index is 0.592. The first-order valence-electron chi connectivity index (χ1n) is 6.21. The smallest absolute Gasteiger partial charge is 0.197 e. The molecule has 19 heavy (non-hydrogen) atoms. The van der Waals surface area contributed by atoms with Crippen molar-refractivity contribution in [3.8, 4) is 0 Å². The standard InChI is InChI=1S/C14H14N4O/c1-3-9(2)17-18-14-13-12(15-8-16-14)10-6-4-5-7-11(10)19-13/h4-8H,3H2,1-2H3,(H,15,16,18)/b17-9-. The van der Waals surface area contributed by atoms with Gasteiger partial charge in [0, 0.05) is 11.1 Å². The van der Waals surface area contributed by atoms with E-state index in [1.54, 1.807) is 0 Å². The van der Waals surface area contributed by atoms with E-state index in [0.717, 1.165) is 28.6 Å². The topological polar surface area (TPSA) is 63.3 Å². The second-order valence-corrected chi connectivity index (χ2v) is 4.31. The van der Waals surface area contributed by atoms with Gasteiger partial charge in [-0.15, -0.1) is 0 Å². The van der Waals surface area contributed by atoms with Crippen molar-refractivity contribution >= 4 is 33.6 Å². The summed E-state index contributed by atoms with van der Waals surface area (Å²) in [7, 11) is 0. The van der Waals surface area contributed by atoms with E-state index in [1.165, 1.54) is 6.33 Å². The Bertz CT molecular complexity index is 760. The van der Waals surface area contributed by atoms with E-state index in [9.17, 15) is 0 Å². The van der Waals surface area contributed by atoms with Gasteiger partial charge in [-0.3, -0.25) is 5.43 Å². The van der Waals surface area contributed by atoms with E-state index >= 15 is 0 Å². The van der Waals surface area contributed by atoms with Crippen LogP contribution in [-0.2, 0) is 0 Å². The first-order valence-corrected chi connectivity index (χ1v) is 6.21. The maximum atomic E-state index is 5.79. The lowest BCUT2D eigenvalue weighted by Gasteiger charge is -2.00. The quantitative estimate of drug-likeness (QED) is 0.573. The number of nitrogens with zero attached hydrogens (tertiary/aromatic N) is 3. The third kappa shape index (κ3) is 2.03. The van der Waals surface area contributed by atoms with E-state index in [0.29, 0.717) is 11.4 Å². The van der Waals surface area contributed by atoms with E-state index in [1.807, 2.05) is 31.2 Å². The molecule has 1 N–H and O–H groups in total. The summed E-state index contributed by atoms with van der Waals surface area (Å²) in [5.74, 6) is 0.592. The minimum atomic E-state index is 0.592. The van der Waals surface area contributed by atoms with Gasteiger partial charge in [-0.25, -0.2) is 9.97 Å². The number of benzene rings is 1. The third-order valence-corrected chi connectivity index (χ3v) is 3.02. The summed E-state index contributed by atoms with van der Waals surface area (Å²) in [5.41, 5.74) is 6.19. The number of para-hydroxylation sites is 1. The van der Waals surface area contributed by atoms with Gasteiger partial charge in [0.1, 0.15) is 17.4 Å². The Morgan fingerprint density at radius 2 is 2.16 bits per heavy atom. The number of fused-ring (bicyclic) bond motifs is 3. The highest BCUT2D eigenvalue weighted by molar-refractivity contribution is 6.05. The maximum absolute atomic E-state index is 5.79. The summed E-state index contributed by atoms with van der Waals surface area (Å²) in [6, 6.07) is 7.80. The van der Waals surface area contributed by atoms with Gasteiger partial charge in [0.2, 0.25) is 0 Å². The molecular weight excluding hydrogens is 240 g/mol. The summed E-state index contributed by atoms with van der Waals surface area (Å²) in [6.45, 7) is 4.02. The van der Waals surface area contributed by atoms with Gasteiger partial charge in [-0.1, -0.05) is 19.1 Å². The average molecular weight is 254 g/mol. The zero-order chi connectivity index (χ0) is 13.2. The molecule has 96 valence electrons. The van der Waals surface area contributed by atoms with Crippen molar-refractivity contribution in [2.45, 2.75) is 20.3 Å². The lowest BCUT2D eigenvalue weighted by Crippen LogP contribution is -1.98. The SMILES string of the molecule is CC/C(C)=N\Nc1ncnc2c1oc1ccccc12. The number of nitrogens with one attached hydrogen (secondary N) is 1. The van der Waals surface area contributed by atoms with Crippen LogP contribution in [0.1, 0.15) is 20.3 Å². The van der Waals surface area contributed by atoms with Gasteiger partial charge < -0.3 is 4.42 Å². The van der Waals surface area contributed by atoms with Crippen molar-refractivity contribution in [3.63, 3.8) is 0 Å². The van der Waals surface area contributed by atoms with Crippen LogP contribution in [0, 0.1) is 0 Å². The molecule has 5 heteroatoms.